The van der Waals surface area contributed by atoms with E-state index in [-0.39, 0.29) is 5.82 Å². The molecule has 0 heterocycles. The average Bonchev–Trinajstić information content (AvgIpc) is 2.30. The van der Waals surface area contributed by atoms with Crippen molar-refractivity contribution < 1.29 is 4.39 Å². The molecule has 0 saturated heterocycles. The lowest BCUT2D eigenvalue weighted by Gasteiger charge is -2.01. The molecule has 0 aliphatic rings. The third-order valence-electron chi connectivity index (χ3n) is 2.45. The van der Waals surface area contributed by atoms with Crippen molar-refractivity contribution in [2.24, 2.45) is 0 Å². The molecule has 0 aromatic heterocycles. The summed E-state index contributed by atoms with van der Waals surface area (Å²) in [5.41, 5.74) is 2.38. The van der Waals surface area contributed by atoms with Gasteiger partial charge in [-0.3, -0.25) is 0 Å². The summed E-state index contributed by atoms with van der Waals surface area (Å²) in [5, 5.41) is 0. The van der Waals surface area contributed by atoms with Gasteiger partial charge in [-0.2, -0.15) is 0 Å². The van der Waals surface area contributed by atoms with Gasteiger partial charge in [-0.05, 0) is 36.1 Å². The number of hydrogen-bond donors (Lipinski definition) is 0. The van der Waals surface area contributed by atoms with E-state index in [9.17, 15) is 4.39 Å². The summed E-state index contributed by atoms with van der Waals surface area (Å²) in [6, 6.07) is 17.0. The number of rotatable bonds is 1. The molecule has 90 valence electrons. The van der Waals surface area contributed by atoms with Gasteiger partial charge in [0.05, 0.1) is 0 Å². The van der Waals surface area contributed by atoms with Crippen LogP contribution in [0, 0.1) is 12.7 Å². The Morgan fingerprint density at radius 3 is 1.88 bits per heavy atom. The van der Waals surface area contributed by atoms with Crippen LogP contribution in [-0.4, -0.2) is 0 Å². The number of hydrogen-bond acceptors (Lipinski definition) is 0. The first-order valence-corrected chi connectivity index (χ1v) is 5.86. The van der Waals surface area contributed by atoms with Crippen molar-refractivity contribution in [2.45, 2.75) is 26.7 Å². The Labute approximate surface area is 103 Å². The van der Waals surface area contributed by atoms with Gasteiger partial charge in [0.25, 0.3) is 0 Å². The molecule has 2 rings (SSSR count). The maximum atomic E-state index is 12.2. The predicted octanol–water partition coefficient (Wildman–Crippen LogP) is 4.94. The van der Waals surface area contributed by atoms with Crippen molar-refractivity contribution in [3.63, 3.8) is 0 Å². The Morgan fingerprint density at radius 1 is 0.882 bits per heavy atom. The van der Waals surface area contributed by atoms with E-state index >= 15 is 0 Å². The van der Waals surface area contributed by atoms with Crippen LogP contribution in [0.1, 0.15) is 30.9 Å². The Kier molecular flexibility index (Phi) is 5.41. The summed E-state index contributed by atoms with van der Waals surface area (Å²) < 4.78 is 12.2. The topological polar surface area (TPSA) is 0 Å². The van der Waals surface area contributed by atoms with Gasteiger partial charge in [0.2, 0.25) is 0 Å². The number of halogens is 1. The maximum Gasteiger partial charge on any atom is 0.123 e. The molecule has 0 unspecified atom stereocenters. The molecule has 0 atom stereocenters. The normalized spacial score (nSPS) is 9.71. The first-order chi connectivity index (χ1) is 8.09. The van der Waals surface area contributed by atoms with E-state index < -0.39 is 0 Å². The lowest BCUT2D eigenvalue weighted by atomic mass is 10.0. The predicted molar refractivity (Wildman–Crippen MR) is 71.7 cm³/mol. The average molecular weight is 230 g/mol. The van der Waals surface area contributed by atoms with Crippen molar-refractivity contribution in [3.05, 3.63) is 71.5 Å². The summed E-state index contributed by atoms with van der Waals surface area (Å²) in [4.78, 5) is 0. The SMILES string of the molecule is CC(C)c1ccccc1.Cc1cccc(F)c1. The summed E-state index contributed by atoms with van der Waals surface area (Å²) in [5.74, 6) is 0.496. The van der Waals surface area contributed by atoms with Gasteiger partial charge in [-0.15, -0.1) is 0 Å². The Bertz CT molecular complexity index is 415. The van der Waals surface area contributed by atoms with Gasteiger partial charge in [-0.25, -0.2) is 4.39 Å². The molecule has 2 aromatic carbocycles. The highest BCUT2D eigenvalue weighted by Gasteiger charge is 1.93. The van der Waals surface area contributed by atoms with Crippen LogP contribution in [0.3, 0.4) is 0 Å². The Morgan fingerprint density at radius 2 is 1.53 bits per heavy atom. The molecule has 0 saturated carbocycles. The first-order valence-electron chi connectivity index (χ1n) is 5.86. The molecule has 0 nitrogen and oxygen atoms in total. The largest absolute Gasteiger partial charge is 0.207 e. The molecule has 0 amide bonds. The maximum absolute atomic E-state index is 12.2. The molecule has 1 heteroatoms. The molecule has 2 aromatic rings. The van der Waals surface area contributed by atoms with Crippen molar-refractivity contribution in [1.82, 2.24) is 0 Å². The summed E-state index contributed by atoms with van der Waals surface area (Å²) in [7, 11) is 0. The van der Waals surface area contributed by atoms with Crippen molar-refractivity contribution in [3.8, 4) is 0 Å². The highest BCUT2D eigenvalue weighted by molar-refractivity contribution is 5.17. The molecule has 0 aliphatic heterocycles. The van der Waals surface area contributed by atoms with E-state index in [0.717, 1.165) is 5.56 Å². The van der Waals surface area contributed by atoms with Crippen molar-refractivity contribution in [2.75, 3.05) is 0 Å². The van der Waals surface area contributed by atoms with Crippen LogP contribution < -0.4 is 0 Å². The molecule has 0 fully saturated rings. The fourth-order valence-electron chi connectivity index (χ4n) is 1.44. The van der Waals surface area contributed by atoms with Crippen LogP contribution in [0.25, 0.3) is 0 Å². The monoisotopic (exact) mass is 230 g/mol. The third kappa shape index (κ3) is 5.30. The molecular formula is C16H19F. The Hall–Kier alpha value is -1.63. The second-order valence-corrected chi connectivity index (χ2v) is 4.36. The molecule has 0 N–H and O–H groups in total. The van der Waals surface area contributed by atoms with Gasteiger partial charge in [-0.1, -0.05) is 56.3 Å². The fourth-order valence-corrected chi connectivity index (χ4v) is 1.44. The lowest BCUT2D eigenvalue weighted by molar-refractivity contribution is 0.626. The van der Waals surface area contributed by atoms with E-state index in [1.807, 2.05) is 19.1 Å². The summed E-state index contributed by atoms with van der Waals surface area (Å²) >= 11 is 0. The quantitative estimate of drug-likeness (QED) is 0.650. The second-order valence-electron chi connectivity index (χ2n) is 4.36. The van der Waals surface area contributed by atoms with Gasteiger partial charge >= 0.3 is 0 Å². The standard InChI is InChI=1S/C9H12.C7H7F/c1-8(2)9-6-4-3-5-7-9;1-6-3-2-4-7(8)5-6/h3-8H,1-2H3;2-5H,1H3. The molecule has 0 aliphatic carbocycles. The number of benzene rings is 2. The van der Waals surface area contributed by atoms with Crippen LogP contribution in [0.5, 0.6) is 0 Å². The smallest absolute Gasteiger partial charge is 0.123 e. The summed E-state index contributed by atoms with van der Waals surface area (Å²) in [6.07, 6.45) is 0. The van der Waals surface area contributed by atoms with Crippen LogP contribution in [0.15, 0.2) is 54.6 Å². The highest BCUT2D eigenvalue weighted by Crippen LogP contribution is 2.11. The minimum Gasteiger partial charge on any atom is -0.207 e. The van der Waals surface area contributed by atoms with E-state index in [0.29, 0.717) is 5.92 Å². The Balaban J connectivity index is 0.000000171. The van der Waals surface area contributed by atoms with Crippen LogP contribution in [0.2, 0.25) is 0 Å². The van der Waals surface area contributed by atoms with E-state index in [1.54, 1.807) is 6.07 Å². The van der Waals surface area contributed by atoms with Gasteiger partial charge in [0, 0.05) is 0 Å². The van der Waals surface area contributed by atoms with E-state index in [2.05, 4.69) is 38.1 Å². The zero-order valence-electron chi connectivity index (χ0n) is 10.7. The van der Waals surface area contributed by atoms with E-state index in [1.165, 1.54) is 17.7 Å². The molecule has 0 spiro atoms. The highest BCUT2D eigenvalue weighted by atomic mass is 19.1. The molecular weight excluding hydrogens is 211 g/mol. The molecule has 17 heavy (non-hydrogen) atoms. The zero-order chi connectivity index (χ0) is 12.7. The van der Waals surface area contributed by atoms with Crippen molar-refractivity contribution >= 4 is 0 Å². The molecule has 0 radical (unpaired) electrons. The van der Waals surface area contributed by atoms with Gasteiger partial charge < -0.3 is 0 Å². The van der Waals surface area contributed by atoms with Crippen molar-refractivity contribution in [1.29, 1.82) is 0 Å². The van der Waals surface area contributed by atoms with Gasteiger partial charge in [0.1, 0.15) is 5.82 Å². The minimum absolute atomic E-state index is 0.162. The molecule has 0 bridgehead atoms. The minimum atomic E-state index is -0.162. The van der Waals surface area contributed by atoms with Crippen LogP contribution >= 0.6 is 0 Å². The first kappa shape index (κ1) is 13.4. The number of aryl methyl sites for hydroxylation is 1. The summed E-state index contributed by atoms with van der Waals surface area (Å²) in [6.45, 7) is 6.27. The van der Waals surface area contributed by atoms with Gasteiger partial charge in [0.15, 0.2) is 0 Å². The van der Waals surface area contributed by atoms with Crippen LogP contribution in [0.4, 0.5) is 4.39 Å². The lowest BCUT2D eigenvalue weighted by Crippen LogP contribution is -1.83. The van der Waals surface area contributed by atoms with Crippen LogP contribution in [-0.2, 0) is 0 Å². The fraction of sp³-hybridized carbons (Fsp3) is 0.250. The van der Waals surface area contributed by atoms with E-state index in [4.69, 9.17) is 0 Å². The second kappa shape index (κ2) is 6.85. The third-order valence-corrected chi connectivity index (χ3v) is 2.45. The zero-order valence-corrected chi connectivity index (χ0v) is 10.7.